The van der Waals surface area contributed by atoms with Gasteiger partial charge in [-0.25, -0.2) is 0 Å². The summed E-state index contributed by atoms with van der Waals surface area (Å²) >= 11 is 0. The number of rotatable bonds is 3. The van der Waals surface area contributed by atoms with Gasteiger partial charge < -0.3 is 9.84 Å². The van der Waals surface area contributed by atoms with Crippen LogP contribution in [-0.4, -0.2) is 41.4 Å². The fourth-order valence-electron chi connectivity index (χ4n) is 3.35. The summed E-state index contributed by atoms with van der Waals surface area (Å²) in [6.07, 6.45) is 4.44. The molecule has 19 heavy (non-hydrogen) atoms. The molecule has 0 aromatic heterocycles. The van der Waals surface area contributed by atoms with Gasteiger partial charge in [-0.2, -0.15) is 0 Å². The molecule has 0 amide bonds. The molecule has 0 unspecified atom stereocenters. The van der Waals surface area contributed by atoms with Gasteiger partial charge in [0.15, 0.2) is 0 Å². The first-order chi connectivity index (χ1) is 9.30. The average Bonchev–Trinajstić information content (AvgIpc) is 2.86. The van der Waals surface area contributed by atoms with Gasteiger partial charge >= 0.3 is 0 Å². The van der Waals surface area contributed by atoms with Crippen LogP contribution in [0.3, 0.4) is 0 Å². The van der Waals surface area contributed by atoms with Crippen LogP contribution in [-0.2, 0) is 11.3 Å². The molecule has 3 rings (SSSR count). The number of likely N-dealkylation sites (tertiary alicyclic amines) is 1. The summed E-state index contributed by atoms with van der Waals surface area (Å²) in [4.78, 5) is 2.51. The fourth-order valence-corrected chi connectivity index (χ4v) is 3.35. The molecule has 0 saturated carbocycles. The van der Waals surface area contributed by atoms with Crippen LogP contribution < -0.4 is 0 Å². The Labute approximate surface area is 115 Å². The Morgan fingerprint density at radius 2 is 1.89 bits per heavy atom. The van der Waals surface area contributed by atoms with E-state index >= 15 is 0 Å². The Morgan fingerprint density at radius 3 is 2.53 bits per heavy atom. The van der Waals surface area contributed by atoms with Crippen molar-refractivity contribution in [2.24, 2.45) is 0 Å². The Hall–Kier alpha value is -0.900. The maximum atomic E-state index is 9.19. The minimum Gasteiger partial charge on any atom is -0.394 e. The highest BCUT2D eigenvalue weighted by molar-refractivity contribution is 5.14. The topological polar surface area (TPSA) is 32.7 Å². The second-order valence-corrected chi connectivity index (χ2v) is 5.91. The molecule has 3 nitrogen and oxygen atoms in total. The summed E-state index contributed by atoms with van der Waals surface area (Å²) in [6, 6.07) is 10.7. The molecular weight excluding hydrogens is 238 g/mol. The number of aliphatic hydroxyl groups is 1. The number of nitrogens with zero attached hydrogens (tertiary/aromatic N) is 1. The molecule has 0 bridgehead atoms. The molecule has 0 radical (unpaired) electrons. The number of hydrogen-bond acceptors (Lipinski definition) is 3. The lowest BCUT2D eigenvalue weighted by atomic mass is 9.88. The highest BCUT2D eigenvalue weighted by atomic mass is 16.5. The summed E-state index contributed by atoms with van der Waals surface area (Å²) in [5.74, 6) is 0. The van der Waals surface area contributed by atoms with Crippen LogP contribution in [0.1, 0.15) is 31.2 Å². The highest BCUT2D eigenvalue weighted by Gasteiger charge is 2.41. The predicted octanol–water partition coefficient (Wildman–Crippen LogP) is 2.19. The van der Waals surface area contributed by atoms with E-state index in [0.717, 1.165) is 45.3 Å². The van der Waals surface area contributed by atoms with Crippen LogP contribution in [0, 0.1) is 0 Å². The molecule has 1 spiro atoms. The van der Waals surface area contributed by atoms with Crippen molar-refractivity contribution in [1.82, 2.24) is 4.90 Å². The second kappa shape index (κ2) is 5.61. The van der Waals surface area contributed by atoms with Crippen molar-refractivity contribution >= 4 is 0 Å². The van der Waals surface area contributed by atoms with Crippen molar-refractivity contribution in [3.05, 3.63) is 35.9 Å². The van der Waals surface area contributed by atoms with Crippen LogP contribution in [0.2, 0.25) is 0 Å². The summed E-state index contributed by atoms with van der Waals surface area (Å²) in [5, 5.41) is 9.19. The lowest BCUT2D eigenvalue weighted by Crippen LogP contribution is -2.44. The number of benzene rings is 1. The minimum atomic E-state index is 0.0700. The van der Waals surface area contributed by atoms with E-state index in [-0.39, 0.29) is 18.3 Å². The lowest BCUT2D eigenvalue weighted by Gasteiger charge is -2.39. The molecular formula is C16H23NO2. The van der Waals surface area contributed by atoms with Crippen LogP contribution in [0.5, 0.6) is 0 Å². The average molecular weight is 261 g/mol. The Kier molecular flexibility index (Phi) is 3.87. The predicted molar refractivity (Wildman–Crippen MR) is 74.9 cm³/mol. The van der Waals surface area contributed by atoms with Gasteiger partial charge in [0.25, 0.3) is 0 Å². The first-order valence-corrected chi connectivity index (χ1v) is 7.35. The van der Waals surface area contributed by atoms with Gasteiger partial charge in [0, 0.05) is 19.6 Å². The van der Waals surface area contributed by atoms with Gasteiger partial charge in [0.1, 0.15) is 0 Å². The lowest BCUT2D eigenvalue weighted by molar-refractivity contribution is -0.0900. The third-order valence-electron chi connectivity index (χ3n) is 4.56. The largest absolute Gasteiger partial charge is 0.394 e. The van der Waals surface area contributed by atoms with E-state index in [0.29, 0.717) is 0 Å². The highest BCUT2D eigenvalue weighted by Crippen LogP contribution is 2.38. The van der Waals surface area contributed by atoms with E-state index in [1.165, 1.54) is 5.56 Å². The molecule has 0 aliphatic carbocycles. The molecule has 2 fully saturated rings. The first-order valence-electron chi connectivity index (χ1n) is 7.35. The zero-order valence-electron chi connectivity index (χ0n) is 11.4. The van der Waals surface area contributed by atoms with E-state index in [4.69, 9.17) is 4.74 Å². The SMILES string of the molecule is OC[C@@H]1CCC2(CCN(Cc3ccccc3)CC2)O1. The van der Waals surface area contributed by atoms with Crippen molar-refractivity contribution < 1.29 is 9.84 Å². The van der Waals surface area contributed by atoms with Gasteiger partial charge in [0.05, 0.1) is 18.3 Å². The van der Waals surface area contributed by atoms with E-state index in [1.807, 2.05) is 0 Å². The van der Waals surface area contributed by atoms with E-state index < -0.39 is 0 Å². The summed E-state index contributed by atoms with van der Waals surface area (Å²) in [6.45, 7) is 3.43. The molecule has 2 heterocycles. The molecule has 1 aromatic rings. The standard InChI is InChI=1S/C16H23NO2/c18-13-15-6-7-16(19-15)8-10-17(11-9-16)12-14-4-2-1-3-5-14/h1-5,15,18H,6-13H2/t15-/m0/s1. The molecule has 1 N–H and O–H groups in total. The number of hydrogen-bond donors (Lipinski definition) is 1. The molecule has 2 saturated heterocycles. The van der Waals surface area contributed by atoms with Gasteiger partial charge in [-0.15, -0.1) is 0 Å². The Balaban J connectivity index is 1.53. The van der Waals surface area contributed by atoms with Gasteiger partial charge in [-0.1, -0.05) is 30.3 Å². The monoisotopic (exact) mass is 261 g/mol. The zero-order valence-corrected chi connectivity index (χ0v) is 11.4. The zero-order chi connectivity index (χ0) is 13.1. The second-order valence-electron chi connectivity index (χ2n) is 5.91. The third-order valence-corrected chi connectivity index (χ3v) is 4.56. The van der Waals surface area contributed by atoms with E-state index in [9.17, 15) is 5.11 Å². The molecule has 2 aliphatic heterocycles. The van der Waals surface area contributed by atoms with Crippen molar-refractivity contribution in [1.29, 1.82) is 0 Å². The molecule has 104 valence electrons. The fraction of sp³-hybridized carbons (Fsp3) is 0.625. The molecule has 1 atom stereocenters. The summed E-state index contributed by atoms with van der Waals surface area (Å²) < 4.78 is 6.06. The third kappa shape index (κ3) is 2.99. The van der Waals surface area contributed by atoms with Crippen LogP contribution in [0.4, 0.5) is 0 Å². The van der Waals surface area contributed by atoms with Crippen molar-refractivity contribution in [3.8, 4) is 0 Å². The van der Waals surface area contributed by atoms with Crippen LogP contribution >= 0.6 is 0 Å². The molecule has 3 heteroatoms. The quantitative estimate of drug-likeness (QED) is 0.905. The maximum Gasteiger partial charge on any atom is 0.0814 e. The maximum absolute atomic E-state index is 9.19. The smallest absolute Gasteiger partial charge is 0.0814 e. The van der Waals surface area contributed by atoms with E-state index in [2.05, 4.69) is 35.2 Å². The molecule has 2 aliphatic rings. The number of ether oxygens (including phenoxy) is 1. The number of piperidine rings is 1. The normalized spacial score (nSPS) is 26.9. The Bertz CT molecular complexity index is 398. The van der Waals surface area contributed by atoms with Gasteiger partial charge in [-0.05, 0) is 31.2 Å². The van der Waals surface area contributed by atoms with Gasteiger partial charge in [0.2, 0.25) is 0 Å². The molecule has 1 aromatic carbocycles. The van der Waals surface area contributed by atoms with Crippen molar-refractivity contribution in [2.75, 3.05) is 19.7 Å². The summed E-state index contributed by atoms with van der Waals surface area (Å²) in [5.41, 5.74) is 1.46. The van der Waals surface area contributed by atoms with Crippen molar-refractivity contribution in [3.63, 3.8) is 0 Å². The van der Waals surface area contributed by atoms with Gasteiger partial charge in [-0.3, -0.25) is 4.90 Å². The minimum absolute atomic E-state index is 0.0700. The Morgan fingerprint density at radius 1 is 1.16 bits per heavy atom. The van der Waals surface area contributed by atoms with Crippen molar-refractivity contribution in [2.45, 2.75) is 43.9 Å². The van der Waals surface area contributed by atoms with E-state index in [1.54, 1.807) is 0 Å². The van der Waals surface area contributed by atoms with Crippen LogP contribution in [0.15, 0.2) is 30.3 Å². The summed E-state index contributed by atoms with van der Waals surface area (Å²) in [7, 11) is 0. The van der Waals surface area contributed by atoms with Crippen LogP contribution in [0.25, 0.3) is 0 Å². The first kappa shape index (κ1) is 13.1. The number of aliphatic hydroxyl groups excluding tert-OH is 1.